The average molecular weight is 337 g/mol. The molecular weight excluding hydrogens is 310 g/mol. The highest BCUT2D eigenvalue weighted by Crippen LogP contribution is 2.25. The predicted octanol–water partition coefficient (Wildman–Crippen LogP) is 2.90. The lowest BCUT2D eigenvalue weighted by molar-refractivity contribution is -0.125. The molecule has 132 valence electrons. The van der Waals surface area contributed by atoms with E-state index in [-0.39, 0.29) is 23.9 Å². The summed E-state index contributed by atoms with van der Waals surface area (Å²) in [4.78, 5) is 12.7. The van der Waals surface area contributed by atoms with Crippen LogP contribution in [0.5, 0.6) is 0 Å². The quantitative estimate of drug-likeness (QED) is 0.760. The van der Waals surface area contributed by atoms with Gasteiger partial charge in [-0.15, -0.1) is 0 Å². The highest BCUT2D eigenvalue weighted by molar-refractivity contribution is 5.80. The summed E-state index contributed by atoms with van der Waals surface area (Å²) in [5, 5.41) is 3.18. The van der Waals surface area contributed by atoms with E-state index >= 15 is 0 Å². The molecule has 0 radical (unpaired) electrons. The minimum atomic E-state index is -0.0955. The van der Waals surface area contributed by atoms with Crippen molar-refractivity contribution in [1.82, 2.24) is 16.2 Å². The van der Waals surface area contributed by atoms with Crippen LogP contribution in [0, 0.1) is 12.8 Å². The van der Waals surface area contributed by atoms with Crippen LogP contribution in [0.15, 0.2) is 54.6 Å². The van der Waals surface area contributed by atoms with Gasteiger partial charge in [0.25, 0.3) is 0 Å². The Labute approximate surface area is 150 Å². The smallest absolute Gasteiger partial charge is 0.226 e. The molecule has 2 aromatic carbocycles. The molecule has 1 heterocycles. The molecule has 1 saturated heterocycles. The van der Waals surface area contributed by atoms with Gasteiger partial charge in [0, 0.05) is 12.6 Å². The topological polar surface area (TPSA) is 53.2 Å². The van der Waals surface area contributed by atoms with Crippen molar-refractivity contribution >= 4 is 5.91 Å². The summed E-state index contributed by atoms with van der Waals surface area (Å²) < 4.78 is 0. The van der Waals surface area contributed by atoms with Gasteiger partial charge in [0.15, 0.2) is 0 Å². The number of carbonyl (C=O) groups is 1. The molecule has 1 amide bonds. The monoisotopic (exact) mass is 337 g/mol. The number of rotatable bonds is 6. The van der Waals surface area contributed by atoms with E-state index in [1.807, 2.05) is 6.07 Å². The van der Waals surface area contributed by atoms with E-state index in [0.29, 0.717) is 6.54 Å². The Morgan fingerprint density at radius 2 is 1.88 bits per heavy atom. The van der Waals surface area contributed by atoms with E-state index in [1.165, 1.54) is 11.1 Å². The Hall–Kier alpha value is -2.17. The first-order valence-electron chi connectivity index (χ1n) is 9.03. The van der Waals surface area contributed by atoms with Gasteiger partial charge in [0.1, 0.15) is 0 Å². The molecule has 3 N–H and O–H groups in total. The molecule has 1 aliphatic heterocycles. The molecule has 1 aliphatic rings. The van der Waals surface area contributed by atoms with Crippen LogP contribution in [0.3, 0.4) is 0 Å². The van der Waals surface area contributed by atoms with Crippen LogP contribution >= 0.6 is 0 Å². The lowest BCUT2D eigenvalue weighted by Gasteiger charge is -2.21. The Kier molecular flexibility index (Phi) is 5.84. The molecule has 0 bridgehead atoms. The highest BCUT2D eigenvalue weighted by atomic mass is 16.2. The average Bonchev–Trinajstić information content (AvgIpc) is 3.11. The third kappa shape index (κ3) is 4.68. The fourth-order valence-corrected chi connectivity index (χ4v) is 3.28. The normalized spacial score (nSPS) is 21.0. The van der Waals surface area contributed by atoms with Crippen molar-refractivity contribution in [3.63, 3.8) is 0 Å². The van der Waals surface area contributed by atoms with E-state index in [9.17, 15) is 4.79 Å². The predicted molar refractivity (Wildman–Crippen MR) is 101 cm³/mol. The van der Waals surface area contributed by atoms with Crippen LogP contribution < -0.4 is 16.2 Å². The van der Waals surface area contributed by atoms with Crippen molar-refractivity contribution in [2.24, 2.45) is 5.92 Å². The number of benzene rings is 2. The number of hydrogen-bond acceptors (Lipinski definition) is 3. The van der Waals surface area contributed by atoms with Crippen molar-refractivity contribution in [2.75, 3.05) is 6.54 Å². The SMILES string of the molecule is Cc1ccc(C2NNCC2C(=O)NC(C)CCc2ccccc2)cc1. The first-order valence-corrected chi connectivity index (χ1v) is 9.03. The summed E-state index contributed by atoms with van der Waals surface area (Å²) in [6.45, 7) is 4.80. The van der Waals surface area contributed by atoms with Crippen molar-refractivity contribution in [3.05, 3.63) is 71.3 Å². The third-order valence-corrected chi connectivity index (χ3v) is 4.85. The minimum absolute atomic E-state index is 0.0157. The number of carbonyl (C=O) groups excluding carboxylic acids is 1. The van der Waals surface area contributed by atoms with Gasteiger partial charge < -0.3 is 5.32 Å². The molecule has 0 saturated carbocycles. The molecule has 0 aromatic heterocycles. The maximum absolute atomic E-state index is 12.7. The zero-order chi connectivity index (χ0) is 17.6. The summed E-state index contributed by atoms with van der Waals surface area (Å²) in [6.07, 6.45) is 1.92. The van der Waals surface area contributed by atoms with Crippen LogP contribution in [0.2, 0.25) is 0 Å². The Bertz CT molecular complexity index is 684. The maximum atomic E-state index is 12.7. The van der Waals surface area contributed by atoms with Crippen LogP contribution in [0.4, 0.5) is 0 Å². The third-order valence-electron chi connectivity index (χ3n) is 4.85. The highest BCUT2D eigenvalue weighted by Gasteiger charge is 2.34. The molecular formula is C21H27N3O. The van der Waals surface area contributed by atoms with Crippen molar-refractivity contribution in [2.45, 2.75) is 38.8 Å². The molecule has 1 fully saturated rings. The van der Waals surface area contributed by atoms with Gasteiger partial charge in [-0.1, -0.05) is 60.2 Å². The Morgan fingerprint density at radius 1 is 1.16 bits per heavy atom. The van der Waals surface area contributed by atoms with E-state index in [1.54, 1.807) is 0 Å². The lowest BCUT2D eigenvalue weighted by Crippen LogP contribution is -2.40. The summed E-state index contributed by atoms with van der Waals surface area (Å²) in [5.41, 5.74) is 10.1. The molecule has 25 heavy (non-hydrogen) atoms. The van der Waals surface area contributed by atoms with Crippen molar-refractivity contribution < 1.29 is 4.79 Å². The van der Waals surface area contributed by atoms with Gasteiger partial charge in [0.05, 0.1) is 12.0 Å². The number of nitrogens with one attached hydrogen (secondary N) is 3. The molecule has 4 heteroatoms. The molecule has 2 aromatic rings. The van der Waals surface area contributed by atoms with Gasteiger partial charge in [-0.05, 0) is 37.8 Å². The lowest BCUT2D eigenvalue weighted by atomic mass is 9.93. The van der Waals surface area contributed by atoms with Gasteiger partial charge >= 0.3 is 0 Å². The van der Waals surface area contributed by atoms with Crippen LogP contribution in [-0.4, -0.2) is 18.5 Å². The van der Waals surface area contributed by atoms with Crippen LogP contribution in [0.1, 0.15) is 36.1 Å². The molecule has 4 nitrogen and oxygen atoms in total. The summed E-state index contributed by atoms with van der Waals surface area (Å²) >= 11 is 0. The minimum Gasteiger partial charge on any atom is -0.353 e. The van der Waals surface area contributed by atoms with Gasteiger partial charge in [-0.2, -0.15) is 0 Å². The zero-order valence-electron chi connectivity index (χ0n) is 15.0. The first kappa shape index (κ1) is 17.6. The van der Waals surface area contributed by atoms with Crippen LogP contribution in [-0.2, 0) is 11.2 Å². The summed E-state index contributed by atoms with van der Waals surface area (Å²) in [6, 6.07) is 19.0. The van der Waals surface area contributed by atoms with Gasteiger partial charge in [0.2, 0.25) is 5.91 Å². The number of aryl methyl sites for hydroxylation is 2. The Balaban J connectivity index is 1.55. The van der Waals surface area contributed by atoms with Crippen LogP contribution in [0.25, 0.3) is 0 Å². The number of hydrogen-bond donors (Lipinski definition) is 3. The number of amides is 1. The molecule has 0 aliphatic carbocycles. The largest absolute Gasteiger partial charge is 0.353 e. The molecule has 3 rings (SSSR count). The first-order chi connectivity index (χ1) is 12.1. The standard InChI is InChI=1S/C21H27N3O/c1-15-8-12-18(13-9-15)20-19(14-22-24-20)21(25)23-16(2)10-11-17-6-4-3-5-7-17/h3-9,12-13,16,19-20,22,24H,10-11,14H2,1-2H3,(H,23,25). The number of hydrazine groups is 1. The summed E-state index contributed by atoms with van der Waals surface area (Å²) in [5.74, 6) is 0.0190. The van der Waals surface area contributed by atoms with Gasteiger partial charge in [-0.25, -0.2) is 5.43 Å². The van der Waals surface area contributed by atoms with E-state index < -0.39 is 0 Å². The van der Waals surface area contributed by atoms with Gasteiger partial charge in [-0.3, -0.25) is 10.2 Å². The molecule has 3 atom stereocenters. The van der Waals surface area contributed by atoms with Crippen molar-refractivity contribution in [1.29, 1.82) is 0 Å². The molecule has 0 spiro atoms. The van der Waals surface area contributed by atoms with Crippen molar-refractivity contribution in [3.8, 4) is 0 Å². The maximum Gasteiger partial charge on any atom is 0.226 e. The second-order valence-corrected chi connectivity index (χ2v) is 6.95. The van der Waals surface area contributed by atoms with E-state index in [2.05, 4.69) is 78.5 Å². The summed E-state index contributed by atoms with van der Waals surface area (Å²) in [7, 11) is 0. The second kappa shape index (κ2) is 8.28. The fraction of sp³-hybridized carbons (Fsp3) is 0.381. The Morgan fingerprint density at radius 3 is 2.60 bits per heavy atom. The van der Waals surface area contributed by atoms with E-state index in [4.69, 9.17) is 0 Å². The van der Waals surface area contributed by atoms with E-state index in [0.717, 1.165) is 18.4 Å². The molecule has 3 unspecified atom stereocenters. The second-order valence-electron chi connectivity index (χ2n) is 6.95. The fourth-order valence-electron chi connectivity index (χ4n) is 3.28. The zero-order valence-corrected chi connectivity index (χ0v) is 15.0.